The van der Waals surface area contributed by atoms with E-state index in [1.165, 1.54) is 0 Å². The van der Waals surface area contributed by atoms with Crippen LogP contribution in [0.25, 0.3) is 0 Å². The molecule has 1 nitrogen and oxygen atoms in total. The molecule has 1 aromatic rings. The summed E-state index contributed by atoms with van der Waals surface area (Å²) in [5.74, 6) is -2.28. The summed E-state index contributed by atoms with van der Waals surface area (Å²) < 4.78 is 42.4. The highest BCUT2D eigenvalue weighted by Gasteiger charge is 2.11. The summed E-state index contributed by atoms with van der Waals surface area (Å²) in [6, 6.07) is 2.12. The molecule has 0 fully saturated rings. The third-order valence-corrected chi connectivity index (χ3v) is 1.84. The summed E-state index contributed by atoms with van der Waals surface area (Å²) in [6.45, 7) is -1.16. The molecule has 0 aromatic heterocycles. The SMILES string of the molecule is FCCOc1c(F)cc(CCl)cc1F. The first-order chi connectivity index (χ1) is 6.69. The molecule has 14 heavy (non-hydrogen) atoms. The normalized spacial score (nSPS) is 10.3. The fourth-order valence-corrected chi connectivity index (χ4v) is 1.12. The lowest BCUT2D eigenvalue weighted by molar-refractivity contribution is 0.251. The summed E-state index contributed by atoms with van der Waals surface area (Å²) in [4.78, 5) is 0. The van der Waals surface area contributed by atoms with E-state index < -0.39 is 24.1 Å². The zero-order valence-corrected chi connectivity index (χ0v) is 7.95. The number of hydrogen-bond donors (Lipinski definition) is 0. The largest absolute Gasteiger partial charge is 0.485 e. The van der Waals surface area contributed by atoms with Crippen LogP contribution >= 0.6 is 11.6 Å². The Balaban J connectivity index is 2.93. The summed E-state index contributed by atoms with van der Waals surface area (Å²) in [5, 5.41) is 0. The van der Waals surface area contributed by atoms with Crippen LogP contribution in [0.1, 0.15) is 5.56 Å². The molecule has 0 aliphatic carbocycles. The van der Waals surface area contributed by atoms with Crippen molar-refractivity contribution in [3.63, 3.8) is 0 Å². The molecule has 0 atom stereocenters. The van der Waals surface area contributed by atoms with E-state index in [1.54, 1.807) is 0 Å². The first-order valence-corrected chi connectivity index (χ1v) is 4.45. The van der Waals surface area contributed by atoms with Gasteiger partial charge in [-0.2, -0.15) is 0 Å². The van der Waals surface area contributed by atoms with Crippen molar-refractivity contribution in [2.75, 3.05) is 13.3 Å². The molecule has 0 aliphatic heterocycles. The van der Waals surface area contributed by atoms with Crippen LogP contribution in [0.4, 0.5) is 13.2 Å². The molecule has 78 valence electrons. The van der Waals surface area contributed by atoms with Gasteiger partial charge in [0.1, 0.15) is 13.3 Å². The lowest BCUT2D eigenvalue weighted by Crippen LogP contribution is -2.03. The van der Waals surface area contributed by atoms with Crippen molar-refractivity contribution in [2.24, 2.45) is 0 Å². The van der Waals surface area contributed by atoms with E-state index in [0.29, 0.717) is 5.56 Å². The Morgan fingerprint density at radius 1 is 1.21 bits per heavy atom. The van der Waals surface area contributed by atoms with Gasteiger partial charge in [0.05, 0.1) is 0 Å². The van der Waals surface area contributed by atoms with E-state index >= 15 is 0 Å². The molecule has 0 saturated carbocycles. The predicted octanol–water partition coefficient (Wildman–Crippen LogP) is 3.05. The Morgan fingerprint density at radius 2 is 1.79 bits per heavy atom. The molecule has 0 bridgehead atoms. The van der Waals surface area contributed by atoms with Gasteiger partial charge < -0.3 is 4.74 Å². The zero-order chi connectivity index (χ0) is 10.6. The Hall–Kier alpha value is -0.900. The van der Waals surface area contributed by atoms with Gasteiger partial charge in [-0.05, 0) is 17.7 Å². The predicted molar refractivity (Wildman–Crippen MR) is 47.4 cm³/mol. The monoisotopic (exact) mass is 224 g/mol. The van der Waals surface area contributed by atoms with Crippen LogP contribution in [0.2, 0.25) is 0 Å². The molecule has 1 aromatic carbocycles. The highest BCUT2D eigenvalue weighted by Crippen LogP contribution is 2.23. The van der Waals surface area contributed by atoms with E-state index in [9.17, 15) is 13.2 Å². The second kappa shape index (κ2) is 5.10. The molecule has 1 rings (SSSR count). The van der Waals surface area contributed by atoms with Gasteiger partial charge in [0, 0.05) is 5.88 Å². The fraction of sp³-hybridized carbons (Fsp3) is 0.333. The van der Waals surface area contributed by atoms with E-state index in [1.807, 2.05) is 0 Å². The summed E-state index contributed by atoms with van der Waals surface area (Å²) in [5.41, 5.74) is 0.314. The number of hydrogen-bond acceptors (Lipinski definition) is 1. The fourth-order valence-electron chi connectivity index (χ4n) is 0.968. The topological polar surface area (TPSA) is 9.23 Å². The van der Waals surface area contributed by atoms with E-state index in [-0.39, 0.29) is 12.5 Å². The van der Waals surface area contributed by atoms with Crippen LogP contribution in [0.3, 0.4) is 0 Å². The molecular formula is C9H8ClF3O. The Kier molecular flexibility index (Phi) is 4.07. The van der Waals surface area contributed by atoms with Crippen molar-refractivity contribution < 1.29 is 17.9 Å². The van der Waals surface area contributed by atoms with Crippen molar-refractivity contribution >= 4 is 11.6 Å². The second-order valence-corrected chi connectivity index (χ2v) is 2.83. The maximum Gasteiger partial charge on any atom is 0.190 e. The average molecular weight is 225 g/mol. The van der Waals surface area contributed by atoms with Crippen LogP contribution < -0.4 is 4.74 Å². The highest BCUT2D eigenvalue weighted by atomic mass is 35.5. The molecule has 0 amide bonds. The van der Waals surface area contributed by atoms with E-state index in [0.717, 1.165) is 12.1 Å². The van der Waals surface area contributed by atoms with Gasteiger partial charge in [-0.25, -0.2) is 13.2 Å². The minimum absolute atomic E-state index is 0.0111. The first kappa shape index (κ1) is 11.2. The third-order valence-electron chi connectivity index (χ3n) is 1.54. The molecule has 0 spiro atoms. The first-order valence-electron chi connectivity index (χ1n) is 3.91. The number of alkyl halides is 2. The third kappa shape index (κ3) is 2.54. The Bertz CT molecular complexity index is 294. The van der Waals surface area contributed by atoms with Crippen molar-refractivity contribution in [2.45, 2.75) is 5.88 Å². The number of ether oxygens (including phenoxy) is 1. The van der Waals surface area contributed by atoms with Crippen LogP contribution in [0, 0.1) is 11.6 Å². The van der Waals surface area contributed by atoms with Crippen molar-refractivity contribution in [1.29, 1.82) is 0 Å². The average Bonchev–Trinajstić information content (AvgIpc) is 2.16. The summed E-state index contributed by atoms with van der Waals surface area (Å²) in [6.07, 6.45) is 0. The van der Waals surface area contributed by atoms with Gasteiger partial charge in [0.25, 0.3) is 0 Å². The van der Waals surface area contributed by atoms with Gasteiger partial charge in [-0.1, -0.05) is 0 Å². The van der Waals surface area contributed by atoms with Gasteiger partial charge in [0.15, 0.2) is 17.4 Å². The summed E-state index contributed by atoms with van der Waals surface area (Å²) in [7, 11) is 0. The van der Waals surface area contributed by atoms with E-state index in [4.69, 9.17) is 11.6 Å². The number of halogens is 4. The molecule has 0 unspecified atom stereocenters. The van der Waals surface area contributed by atoms with Gasteiger partial charge in [-0.15, -0.1) is 11.6 Å². The molecule has 0 aliphatic rings. The van der Waals surface area contributed by atoms with Crippen LogP contribution in [0.15, 0.2) is 12.1 Å². The Morgan fingerprint density at radius 3 is 2.21 bits per heavy atom. The van der Waals surface area contributed by atoms with Crippen LogP contribution in [0.5, 0.6) is 5.75 Å². The second-order valence-electron chi connectivity index (χ2n) is 2.56. The van der Waals surface area contributed by atoms with Crippen molar-refractivity contribution in [3.05, 3.63) is 29.3 Å². The van der Waals surface area contributed by atoms with Gasteiger partial charge in [-0.3, -0.25) is 0 Å². The van der Waals surface area contributed by atoms with Crippen molar-refractivity contribution in [3.8, 4) is 5.75 Å². The minimum Gasteiger partial charge on any atom is -0.485 e. The molecule has 0 saturated heterocycles. The summed E-state index contributed by atoms with van der Waals surface area (Å²) >= 11 is 5.39. The zero-order valence-electron chi connectivity index (χ0n) is 7.20. The number of benzene rings is 1. The molecular weight excluding hydrogens is 217 g/mol. The lowest BCUT2D eigenvalue weighted by Gasteiger charge is -2.07. The minimum atomic E-state index is -0.867. The quantitative estimate of drug-likeness (QED) is 0.715. The van der Waals surface area contributed by atoms with Crippen molar-refractivity contribution in [1.82, 2.24) is 0 Å². The standard InChI is InChI=1S/C9H8ClF3O/c10-5-6-3-7(12)9(8(13)4-6)14-2-1-11/h3-4H,1-2,5H2. The maximum absolute atomic E-state index is 13.1. The highest BCUT2D eigenvalue weighted by molar-refractivity contribution is 6.17. The number of rotatable bonds is 4. The van der Waals surface area contributed by atoms with E-state index in [2.05, 4.69) is 4.74 Å². The molecule has 5 heteroatoms. The van der Waals surface area contributed by atoms with Crippen LogP contribution in [-0.2, 0) is 5.88 Å². The van der Waals surface area contributed by atoms with Gasteiger partial charge >= 0.3 is 0 Å². The smallest absolute Gasteiger partial charge is 0.190 e. The van der Waals surface area contributed by atoms with Gasteiger partial charge in [0.2, 0.25) is 0 Å². The Labute approximate surface area is 84.4 Å². The van der Waals surface area contributed by atoms with Crippen LogP contribution in [-0.4, -0.2) is 13.3 Å². The molecule has 0 radical (unpaired) electrons. The molecule has 0 N–H and O–H groups in total. The molecule has 0 heterocycles. The lowest BCUT2D eigenvalue weighted by atomic mass is 10.2. The maximum atomic E-state index is 13.1.